The van der Waals surface area contributed by atoms with Gasteiger partial charge in [0.1, 0.15) is 12.6 Å². The van der Waals surface area contributed by atoms with Gasteiger partial charge in [0.25, 0.3) is 17.7 Å². The number of nitrogens with zero attached hydrogens (tertiary/aromatic N) is 2. The predicted octanol–water partition coefficient (Wildman–Crippen LogP) is 3.33. The molecule has 3 aromatic carbocycles. The Balaban J connectivity index is 1.01. The van der Waals surface area contributed by atoms with Crippen LogP contribution in [0.25, 0.3) is 0 Å². The Morgan fingerprint density at radius 3 is 1.98 bits per heavy atom. The molecule has 0 aromatic heterocycles. The minimum absolute atomic E-state index is 0.0361. The van der Waals surface area contributed by atoms with E-state index in [1.807, 2.05) is 65.6 Å². The molecule has 1 saturated heterocycles. The number of unbranched alkanes of at least 4 members (excludes halogenated alkanes) is 3. The fraction of sp³-hybridized carbons (Fsp3) is 0.294. The van der Waals surface area contributed by atoms with Gasteiger partial charge in [0.05, 0.1) is 11.1 Å². The quantitative estimate of drug-likeness (QED) is 0.199. The van der Waals surface area contributed by atoms with Gasteiger partial charge in [-0.1, -0.05) is 49.2 Å². The minimum atomic E-state index is -1.06. The molecular weight excluding hydrogens is 574 g/mol. The van der Waals surface area contributed by atoms with Gasteiger partial charge in [0, 0.05) is 36.4 Å². The molecule has 1 unspecified atom stereocenters. The van der Waals surface area contributed by atoms with Gasteiger partial charge in [-0.25, -0.2) is 0 Å². The highest BCUT2D eigenvalue weighted by atomic mass is 16.2. The number of piperidine rings is 1. The van der Waals surface area contributed by atoms with Crippen LogP contribution in [0.4, 0.5) is 11.4 Å². The molecule has 3 aromatic rings. The third kappa shape index (κ3) is 7.43. The van der Waals surface area contributed by atoms with E-state index in [4.69, 9.17) is 0 Å². The summed E-state index contributed by atoms with van der Waals surface area (Å²) in [5, 5.41) is 8.00. The van der Waals surface area contributed by atoms with E-state index in [1.54, 1.807) is 0 Å². The number of imide groups is 2. The predicted molar refractivity (Wildman–Crippen MR) is 167 cm³/mol. The molecule has 5 rings (SSSR count). The van der Waals surface area contributed by atoms with E-state index < -0.39 is 29.7 Å². The van der Waals surface area contributed by atoms with Crippen LogP contribution in [0.3, 0.4) is 0 Å². The zero-order valence-electron chi connectivity index (χ0n) is 24.8. The number of rotatable bonds is 13. The van der Waals surface area contributed by atoms with E-state index in [0.717, 1.165) is 42.0 Å². The molecule has 0 bridgehead atoms. The highest BCUT2D eigenvalue weighted by Crippen LogP contribution is 2.28. The lowest BCUT2D eigenvalue weighted by atomic mass is 10.0. The standard InChI is InChI=1S/C34H35N5O6/c40-29-18-17-28(32(43)37-29)39-33(44)26-16-15-23(21-27(26)34(39)45)31(42)36-20-10-2-1-9-19-35-30(41)22-38(24-11-5-3-6-12-24)25-13-7-4-8-14-25/h3-8,11-16,21,28H,1-2,9-10,17-20,22H2,(H,35,41)(H,36,42)(H,37,40,43). The van der Waals surface area contributed by atoms with Crippen molar-refractivity contribution in [3.05, 3.63) is 95.6 Å². The van der Waals surface area contributed by atoms with Crippen molar-refractivity contribution in [2.75, 3.05) is 24.5 Å². The van der Waals surface area contributed by atoms with Crippen LogP contribution in [0.1, 0.15) is 69.6 Å². The number of para-hydroxylation sites is 2. The molecule has 45 heavy (non-hydrogen) atoms. The molecule has 1 atom stereocenters. The molecule has 11 nitrogen and oxygen atoms in total. The zero-order chi connectivity index (χ0) is 31.8. The lowest BCUT2D eigenvalue weighted by molar-refractivity contribution is -0.136. The first-order valence-electron chi connectivity index (χ1n) is 15.1. The number of benzene rings is 3. The maximum Gasteiger partial charge on any atom is 0.262 e. The molecule has 2 aliphatic heterocycles. The van der Waals surface area contributed by atoms with E-state index in [1.165, 1.54) is 18.2 Å². The molecule has 3 N–H and O–H groups in total. The van der Waals surface area contributed by atoms with Crippen LogP contribution in [0.5, 0.6) is 0 Å². The van der Waals surface area contributed by atoms with Gasteiger partial charge in [-0.2, -0.15) is 0 Å². The molecule has 2 heterocycles. The molecule has 1 fully saturated rings. The smallest absolute Gasteiger partial charge is 0.262 e. The summed E-state index contributed by atoms with van der Waals surface area (Å²) in [6, 6.07) is 22.8. The largest absolute Gasteiger partial charge is 0.355 e. The van der Waals surface area contributed by atoms with Gasteiger partial charge in [-0.15, -0.1) is 0 Å². The number of carbonyl (C=O) groups is 6. The first-order chi connectivity index (χ1) is 21.8. The Bertz CT molecular complexity index is 1550. The number of fused-ring (bicyclic) bond motifs is 1. The number of anilines is 2. The molecule has 0 aliphatic carbocycles. The Morgan fingerprint density at radius 2 is 1.36 bits per heavy atom. The Morgan fingerprint density at radius 1 is 0.756 bits per heavy atom. The van der Waals surface area contributed by atoms with Crippen molar-refractivity contribution < 1.29 is 28.8 Å². The lowest BCUT2D eigenvalue weighted by Gasteiger charge is -2.27. The summed E-state index contributed by atoms with van der Waals surface area (Å²) in [5.74, 6) is -2.82. The second-order valence-electron chi connectivity index (χ2n) is 11.0. The molecule has 6 amide bonds. The van der Waals surface area contributed by atoms with Crippen molar-refractivity contribution in [3.8, 4) is 0 Å². The molecule has 0 radical (unpaired) electrons. The van der Waals surface area contributed by atoms with Gasteiger partial charge in [0.2, 0.25) is 17.7 Å². The SMILES string of the molecule is O=C(CN(c1ccccc1)c1ccccc1)NCCCCCCNC(=O)c1ccc2c(c1)C(=O)N(C1CCC(=O)NC1=O)C2=O. The van der Waals surface area contributed by atoms with E-state index in [-0.39, 0.29) is 47.9 Å². The van der Waals surface area contributed by atoms with Crippen LogP contribution in [-0.2, 0) is 14.4 Å². The first kappa shape index (κ1) is 31.1. The molecule has 2 aliphatic rings. The van der Waals surface area contributed by atoms with E-state index in [0.29, 0.717) is 13.1 Å². The Hall–Kier alpha value is -5.32. The average molecular weight is 610 g/mol. The van der Waals surface area contributed by atoms with Crippen molar-refractivity contribution in [1.82, 2.24) is 20.9 Å². The normalized spacial score (nSPS) is 15.8. The summed E-state index contributed by atoms with van der Waals surface area (Å²) >= 11 is 0. The van der Waals surface area contributed by atoms with E-state index in [9.17, 15) is 28.8 Å². The summed E-state index contributed by atoms with van der Waals surface area (Å²) in [5.41, 5.74) is 2.31. The summed E-state index contributed by atoms with van der Waals surface area (Å²) in [6.45, 7) is 1.19. The second-order valence-corrected chi connectivity index (χ2v) is 11.0. The van der Waals surface area contributed by atoms with Crippen LogP contribution < -0.4 is 20.9 Å². The lowest BCUT2D eigenvalue weighted by Crippen LogP contribution is -2.54. The molecule has 0 saturated carbocycles. The second kappa shape index (κ2) is 14.4. The van der Waals surface area contributed by atoms with Crippen LogP contribution in [-0.4, -0.2) is 66.0 Å². The molecule has 11 heteroatoms. The topological polar surface area (TPSA) is 145 Å². The fourth-order valence-corrected chi connectivity index (χ4v) is 5.49. The van der Waals surface area contributed by atoms with Crippen molar-refractivity contribution in [1.29, 1.82) is 0 Å². The van der Waals surface area contributed by atoms with Gasteiger partial charge in [0.15, 0.2) is 0 Å². The van der Waals surface area contributed by atoms with Crippen LogP contribution in [0, 0.1) is 0 Å². The van der Waals surface area contributed by atoms with Crippen molar-refractivity contribution in [3.63, 3.8) is 0 Å². The van der Waals surface area contributed by atoms with Crippen LogP contribution in [0.2, 0.25) is 0 Å². The maximum atomic E-state index is 13.0. The number of hydrogen-bond acceptors (Lipinski definition) is 7. The first-order valence-corrected chi connectivity index (χ1v) is 15.1. The number of amides is 6. The zero-order valence-corrected chi connectivity index (χ0v) is 24.8. The van der Waals surface area contributed by atoms with Crippen LogP contribution in [0.15, 0.2) is 78.9 Å². The highest BCUT2D eigenvalue weighted by molar-refractivity contribution is 6.24. The molecule has 232 valence electrons. The highest BCUT2D eigenvalue weighted by Gasteiger charge is 2.44. The Kier molecular flexibility index (Phi) is 9.98. The summed E-state index contributed by atoms with van der Waals surface area (Å²) in [4.78, 5) is 77.8. The summed E-state index contributed by atoms with van der Waals surface area (Å²) < 4.78 is 0. The third-order valence-corrected chi connectivity index (χ3v) is 7.85. The van der Waals surface area contributed by atoms with Gasteiger partial charge in [-0.05, 0) is 61.7 Å². The monoisotopic (exact) mass is 609 g/mol. The van der Waals surface area contributed by atoms with Gasteiger partial charge < -0.3 is 15.5 Å². The number of nitrogens with one attached hydrogen (secondary N) is 3. The van der Waals surface area contributed by atoms with Crippen molar-refractivity contribution >= 4 is 46.8 Å². The number of carbonyl (C=O) groups excluding carboxylic acids is 6. The van der Waals surface area contributed by atoms with Gasteiger partial charge in [-0.3, -0.25) is 39.0 Å². The van der Waals surface area contributed by atoms with Gasteiger partial charge >= 0.3 is 0 Å². The average Bonchev–Trinajstić information content (AvgIpc) is 3.30. The molecule has 0 spiro atoms. The summed E-state index contributed by atoms with van der Waals surface area (Å²) in [7, 11) is 0. The number of hydrogen-bond donors (Lipinski definition) is 3. The van der Waals surface area contributed by atoms with Crippen molar-refractivity contribution in [2.24, 2.45) is 0 Å². The third-order valence-electron chi connectivity index (χ3n) is 7.85. The molecular formula is C34H35N5O6. The van der Waals surface area contributed by atoms with E-state index in [2.05, 4.69) is 16.0 Å². The fourth-order valence-electron chi connectivity index (χ4n) is 5.49. The maximum absolute atomic E-state index is 13.0. The van der Waals surface area contributed by atoms with Crippen molar-refractivity contribution in [2.45, 2.75) is 44.6 Å². The Labute approximate surface area is 261 Å². The van der Waals surface area contributed by atoms with Crippen LogP contribution >= 0.6 is 0 Å². The summed E-state index contributed by atoms with van der Waals surface area (Å²) in [6.07, 6.45) is 3.38. The van der Waals surface area contributed by atoms with E-state index >= 15 is 0 Å². The minimum Gasteiger partial charge on any atom is -0.355 e.